The first-order valence-electron chi connectivity index (χ1n) is 9.53. The maximum absolute atomic E-state index is 12.8. The summed E-state index contributed by atoms with van der Waals surface area (Å²) >= 11 is 0. The van der Waals surface area contributed by atoms with Gasteiger partial charge in [0.25, 0.3) is 5.91 Å². The van der Waals surface area contributed by atoms with E-state index in [2.05, 4.69) is 31.1 Å². The Labute approximate surface area is 159 Å². The molecule has 0 radical (unpaired) electrons. The molecule has 1 aliphatic rings. The average molecular weight is 369 g/mol. The van der Waals surface area contributed by atoms with Crippen LogP contribution < -0.4 is 5.32 Å². The Balaban J connectivity index is 1.80. The minimum absolute atomic E-state index is 0.244. The number of nitrogens with zero attached hydrogens (tertiary/aromatic N) is 1. The van der Waals surface area contributed by atoms with E-state index >= 15 is 0 Å². The second-order valence-electron chi connectivity index (χ2n) is 7.90. The van der Waals surface area contributed by atoms with Crippen LogP contribution in [-0.2, 0) is 11.2 Å². The number of ketones is 1. The van der Waals surface area contributed by atoms with E-state index in [1.807, 2.05) is 18.2 Å². The van der Waals surface area contributed by atoms with Crippen LogP contribution in [0.25, 0.3) is 10.9 Å². The Bertz CT molecular complexity index is 899. The lowest BCUT2D eigenvalue weighted by Gasteiger charge is -2.22. The van der Waals surface area contributed by atoms with Gasteiger partial charge in [-0.2, -0.15) is 0 Å². The standard InChI is InChI=1S/C21H27N3O3/c1-5-14-7-6-8-15-16(11-22-18(14)15)17(25)12-24-19(26)21(4,23-20(24)27)10-9-13(2)3/h6-8,11,13,22H,5,9-10,12H2,1-4H3,(H,23,27)/t21-/m0/s1. The molecule has 2 aromatic rings. The molecule has 6 heteroatoms. The number of amides is 3. The number of aryl methyl sites for hydroxylation is 1. The van der Waals surface area contributed by atoms with E-state index in [-0.39, 0.29) is 18.2 Å². The predicted molar refractivity (Wildman–Crippen MR) is 105 cm³/mol. The second kappa shape index (κ2) is 7.18. The van der Waals surface area contributed by atoms with Gasteiger partial charge in [-0.05, 0) is 37.7 Å². The molecule has 1 aliphatic heterocycles. The number of benzene rings is 1. The maximum Gasteiger partial charge on any atom is 0.325 e. The molecule has 1 aromatic heterocycles. The zero-order valence-electron chi connectivity index (χ0n) is 16.4. The largest absolute Gasteiger partial charge is 0.360 e. The Kier molecular flexibility index (Phi) is 5.09. The van der Waals surface area contributed by atoms with Crippen LogP contribution >= 0.6 is 0 Å². The number of nitrogens with one attached hydrogen (secondary N) is 2. The van der Waals surface area contributed by atoms with Crippen molar-refractivity contribution >= 4 is 28.6 Å². The fourth-order valence-corrected chi connectivity index (χ4v) is 3.61. The fourth-order valence-electron chi connectivity index (χ4n) is 3.61. The van der Waals surface area contributed by atoms with Crippen molar-refractivity contribution in [2.24, 2.45) is 5.92 Å². The molecule has 1 aromatic carbocycles. The minimum Gasteiger partial charge on any atom is -0.360 e. The number of rotatable bonds is 7. The van der Waals surface area contributed by atoms with Gasteiger partial charge in [0.15, 0.2) is 5.78 Å². The van der Waals surface area contributed by atoms with Gasteiger partial charge in [0.2, 0.25) is 0 Å². The summed E-state index contributed by atoms with van der Waals surface area (Å²) in [5.41, 5.74) is 1.64. The summed E-state index contributed by atoms with van der Waals surface area (Å²) in [7, 11) is 0. The summed E-state index contributed by atoms with van der Waals surface area (Å²) < 4.78 is 0. The van der Waals surface area contributed by atoms with Gasteiger partial charge in [-0.1, -0.05) is 39.0 Å². The number of carbonyl (C=O) groups excluding carboxylic acids is 3. The minimum atomic E-state index is -0.933. The molecule has 0 aliphatic carbocycles. The maximum atomic E-state index is 12.8. The Morgan fingerprint density at radius 2 is 2.00 bits per heavy atom. The molecule has 2 N–H and O–H groups in total. The van der Waals surface area contributed by atoms with E-state index in [9.17, 15) is 14.4 Å². The molecule has 0 saturated carbocycles. The van der Waals surface area contributed by atoms with E-state index in [0.717, 1.165) is 34.2 Å². The van der Waals surface area contributed by atoms with Crippen LogP contribution in [0.3, 0.4) is 0 Å². The normalized spacial score (nSPS) is 20.0. The lowest BCUT2D eigenvalue weighted by Crippen LogP contribution is -2.44. The van der Waals surface area contributed by atoms with Gasteiger partial charge >= 0.3 is 6.03 Å². The molecular weight excluding hydrogens is 342 g/mol. The van der Waals surface area contributed by atoms with Gasteiger partial charge in [0.1, 0.15) is 5.54 Å². The monoisotopic (exact) mass is 369 g/mol. The van der Waals surface area contributed by atoms with Gasteiger partial charge in [-0.15, -0.1) is 0 Å². The van der Waals surface area contributed by atoms with Crippen molar-refractivity contribution in [3.8, 4) is 0 Å². The van der Waals surface area contributed by atoms with Crippen LogP contribution in [0.1, 0.15) is 56.5 Å². The van der Waals surface area contributed by atoms with E-state index in [1.165, 1.54) is 0 Å². The van der Waals surface area contributed by atoms with Crippen molar-refractivity contribution in [1.82, 2.24) is 15.2 Å². The number of hydrogen-bond acceptors (Lipinski definition) is 3. The van der Waals surface area contributed by atoms with Crippen molar-refractivity contribution in [3.05, 3.63) is 35.5 Å². The SMILES string of the molecule is CCc1cccc2c(C(=O)CN3C(=O)N[C@@](C)(CCC(C)C)C3=O)c[nH]c12. The van der Waals surface area contributed by atoms with Crippen molar-refractivity contribution in [2.75, 3.05) is 6.54 Å². The first kappa shape index (κ1) is 19.1. The number of carbonyl (C=O) groups is 3. The third-order valence-corrected chi connectivity index (χ3v) is 5.35. The Morgan fingerprint density at radius 1 is 1.26 bits per heavy atom. The van der Waals surface area contributed by atoms with Gasteiger partial charge in [0, 0.05) is 22.7 Å². The van der Waals surface area contributed by atoms with Crippen molar-refractivity contribution < 1.29 is 14.4 Å². The van der Waals surface area contributed by atoms with E-state index in [0.29, 0.717) is 17.9 Å². The van der Waals surface area contributed by atoms with Crippen LogP contribution in [0.5, 0.6) is 0 Å². The highest BCUT2D eigenvalue weighted by Crippen LogP contribution is 2.26. The van der Waals surface area contributed by atoms with Crippen LogP contribution in [0.15, 0.2) is 24.4 Å². The van der Waals surface area contributed by atoms with Crippen LogP contribution in [-0.4, -0.2) is 39.7 Å². The summed E-state index contributed by atoms with van der Waals surface area (Å²) in [6.07, 6.45) is 3.91. The summed E-state index contributed by atoms with van der Waals surface area (Å²) in [5.74, 6) is -0.136. The Hall–Kier alpha value is -2.63. The van der Waals surface area contributed by atoms with Crippen molar-refractivity contribution in [1.29, 1.82) is 0 Å². The summed E-state index contributed by atoms with van der Waals surface area (Å²) in [4.78, 5) is 42.2. The zero-order valence-corrected chi connectivity index (χ0v) is 16.4. The van der Waals surface area contributed by atoms with E-state index in [1.54, 1.807) is 13.1 Å². The third-order valence-electron chi connectivity index (χ3n) is 5.35. The van der Waals surface area contributed by atoms with Crippen LogP contribution in [0.4, 0.5) is 4.79 Å². The lowest BCUT2D eigenvalue weighted by atomic mass is 9.92. The average Bonchev–Trinajstić information content (AvgIpc) is 3.15. The van der Waals surface area contributed by atoms with Gasteiger partial charge in [-0.3, -0.25) is 14.5 Å². The molecule has 0 unspecified atom stereocenters. The number of Topliss-reactive ketones (excluding diaryl/α,β-unsaturated/α-hetero) is 1. The van der Waals surface area contributed by atoms with Crippen LogP contribution in [0, 0.1) is 5.92 Å². The highest BCUT2D eigenvalue weighted by molar-refractivity contribution is 6.14. The quantitative estimate of drug-likeness (QED) is 0.577. The first-order valence-corrected chi connectivity index (χ1v) is 9.53. The molecular formula is C21H27N3O3. The van der Waals surface area contributed by atoms with Gasteiger partial charge in [-0.25, -0.2) is 4.79 Å². The van der Waals surface area contributed by atoms with Gasteiger partial charge in [0.05, 0.1) is 6.54 Å². The molecule has 1 atom stereocenters. The summed E-state index contributed by atoms with van der Waals surface area (Å²) in [5, 5.41) is 3.60. The predicted octanol–water partition coefficient (Wildman–Crippen LogP) is 3.66. The smallest absolute Gasteiger partial charge is 0.325 e. The summed E-state index contributed by atoms with van der Waals surface area (Å²) in [6, 6.07) is 5.33. The number of urea groups is 1. The molecule has 2 heterocycles. The van der Waals surface area contributed by atoms with E-state index < -0.39 is 11.6 Å². The number of fused-ring (bicyclic) bond motifs is 1. The fraction of sp³-hybridized carbons (Fsp3) is 0.476. The lowest BCUT2D eigenvalue weighted by molar-refractivity contribution is -0.130. The van der Waals surface area contributed by atoms with E-state index in [4.69, 9.17) is 0 Å². The van der Waals surface area contributed by atoms with Crippen molar-refractivity contribution in [3.63, 3.8) is 0 Å². The molecule has 6 nitrogen and oxygen atoms in total. The molecule has 144 valence electrons. The third kappa shape index (κ3) is 3.48. The number of imide groups is 1. The van der Waals surface area contributed by atoms with Gasteiger partial charge < -0.3 is 10.3 Å². The number of aromatic amines is 1. The van der Waals surface area contributed by atoms with Crippen LogP contribution in [0.2, 0.25) is 0 Å². The number of para-hydroxylation sites is 1. The highest BCUT2D eigenvalue weighted by Gasteiger charge is 2.47. The summed E-state index contributed by atoms with van der Waals surface area (Å²) in [6.45, 7) is 7.70. The number of hydrogen-bond donors (Lipinski definition) is 2. The second-order valence-corrected chi connectivity index (χ2v) is 7.90. The zero-order chi connectivity index (χ0) is 19.8. The topological polar surface area (TPSA) is 82.3 Å². The highest BCUT2D eigenvalue weighted by atomic mass is 16.2. The molecule has 3 amide bonds. The molecule has 0 bridgehead atoms. The Morgan fingerprint density at radius 3 is 2.67 bits per heavy atom. The number of aromatic nitrogens is 1. The molecule has 0 spiro atoms. The molecule has 1 fully saturated rings. The van der Waals surface area contributed by atoms with Crippen molar-refractivity contribution in [2.45, 2.75) is 52.5 Å². The molecule has 3 rings (SSSR count). The molecule has 1 saturated heterocycles. The first-order chi connectivity index (χ1) is 12.8. The number of H-pyrrole nitrogens is 1. The molecule has 27 heavy (non-hydrogen) atoms.